The van der Waals surface area contributed by atoms with Crippen LogP contribution < -0.4 is 5.43 Å². The van der Waals surface area contributed by atoms with Gasteiger partial charge in [-0.25, -0.2) is 0 Å². The molecule has 1 saturated heterocycles. The minimum atomic E-state index is -0.495. The molecule has 1 fully saturated rings. The predicted molar refractivity (Wildman–Crippen MR) is 66.3 cm³/mol. The zero-order valence-corrected chi connectivity index (χ0v) is 10.6. The average Bonchev–Trinajstić information content (AvgIpc) is 2.37. The molecule has 1 aliphatic rings. The molecular weight excluding hydrogens is 234 g/mol. The third kappa shape index (κ3) is 2.73. The van der Waals surface area contributed by atoms with Gasteiger partial charge in [0.05, 0.1) is 6.54 Å². The van der Waals surface area contributed by atoms with Crippen LogP contribution in [0.4, 0.5) is 0 Å². The Morgan fingerprint density at radius 2 is 2.28 bits per heavy atom. The Kier molecular flexibility index (Phi) is 4.04. The van der Waals surface area contributed by atoms with Gasteiger partial charge in [0.1, 0.15) is 12.4 Å². The molecule has 2 heterocycles. The van der Waals surface area contributed by atoms with Gasteiger partial charge in [-0.3, -0.25) is 9.69 Å². The van der Waals surface area contributed by atoms with Crippen LogP contribution >= 0.6 is 0 Å². The monoisotopic (exact) mass is 253 g/mol. The zero-order chi connectivity index (χ0) is 13.1. The SMILES string of the molecule is CC1CCCCN1Cc1oc(CO)cc(=O)c1O. The number of hydrogen-bond donors (Lipinski definition) is 2. The second-order valence-electron chi connectivity index (χ2n) is 4.82. The van der Waals surface area contributed by atoms with Crippen molar-refractivity contribution in [2.75, 3.05) is 6.54 Å². The van der Waals surface area contributed by atoms with Crippen molar-refractivity contribution >= 4 is 0 Å². The minimum Gasteiger partial charge on any atom is -0.502 e. The van der Waals surface area contributed by atoms with Gasteiger partial charge in [0.25, 0.3) is 0 Å². The van der Waals surface area contributed by atoms with Crippen LogP contribution in [0, 0.1) is 0 Å². The number of aromatic hydroxyl groups is 1. The van der Waals surface area contributed by atoms with Gasteiger partial charge < -0.3 is 14.6 Å². The van der Waals surface area contributed by atoms with Crippen molar-refractivity contribution in [3.8, 4) is 5.75 Å². The summed E-state index contributed by atoms with van der Waals surface area (Å²) in [7, 11) is 0. The topological polar surface area (TPSA) is 73.9 Å². The van der Waals surface area contributed by atoms with Crippen LogP contribution in [0.15, 0.2) is 15.3 Å². The minimum absolute atomic E-state index is 0.192. The molecule has 5 heteroatoms. The first-order valence-electron chi connectivity index (χ1n) is 6.31. The van der Waals surface area contributed by atoms with E-state index in [1.165, 1.54) is 6.42 Å². The molecule has 0 spiro atoms. The Hall–Kier alpha value is -1.33. The molecule has 1 atom stereocenters. The number of nitrogens with zero attached hydrogens (tertiary/aromatic N) is 1. The van der Waals surface area contributed by atoms with Crippen molar-refractivity contribution in [1.29, 1.82) is 0 Å². The highest BCUT2D eigenvalue weighted by Gasteiger charge is 2.21. The lowest BCUT2D eigenvalue weighted by Crippen LogP contribution is -2.37. The first-order valence-corrected chi connectivity index (χ1v) is 6.31. The van der Waals surface area contributed by atoms with Gasteiger partial charge in [-0.15, -0.1) is 0 Å². The second-order valence-corrected chi connectivity index (χ2v) is 4.82. The number of likely N-dealkylation sites (tertiary alicyclic amines) is 1. The summed E-state index contributed by atoms with van der Waals surface area (Å²) in [4.78, 5) is 13.7. The molecule has 0 aromatic carbocycles. The van der Waals surface area contributed by atoms with E-state index in [0.29, 0.717) is 12.6 Å². The van der Waals surface area contributed by atoms with Crippen molar-refractivity contribution < 1.29 is 14.6 Å². The molecule has 2 N–H and O–H groups in total. The quantitative estimate of drug-likeness (QED) is 0.847. The molecule has 5 nitrogen and oxygen atoms in total. The fraction of sp³-hybridized carbons (Fsp3) is 0.615. The zero-order valence-electron chi connectivity index (χ0n) is 10.6. The summed E-state index contributed by atoms with van der Waals surface area (Å²) in [6.45, 7) is 3.14. The van der Waals surface area contributed by atoms with Crippen molar-refractivity contribution in [2.45, 2.75) is 45.4 Å². The van der Waals surface area contributed by atoms with E-state index >= 15 is 0 Å². The van der Waals surface area contributed by atoms with Crippen LogP contribution in [0.3, 0.4) is 0 Å². The van der Waals surface area contributed by atoms with Crippen molar-refractivity contribution in [3.05, 3.63) is 27.8 Å². The van der Waals surface area contributed by atoms with Crippen molar-refractivity contribution in [3.63, 3.8) is 0 Å². The Bertz CT molecular complexity index is 469. The predicted octanol–water partition coefficient (Wildman–Crippen LogP) is 1.21. The molecule has 0 bridgehead atoms. The van der Waals surface area contributed by atoms with E-state index in [1.54, 1.807) is 0 Å². The fourth-order valence-electron chi connectivity index (χ4n) is 2.35. The van der Waals surface area contributed by atoms with E-state index in [9.17, 15) is 9.90 Å². The summed E-state index contributed by atoms with van der Waals surface area (Å²) in [6, 6.07) is 1.54. The average molecular weight is 253 g/mol. The summed E-state index contributed by atoms with van der Waals surface area (Å²) in [5.74, 6) is 0.0998. The summed E-state index contributed by atoms with van der Waals surface area (Å²) in [5.41, 5.74) is -0.495. The lowest BCUT2D eigenvalue weighted by atomic mass is 10.0. The van der Waals surface area contributed by atoms with E-state index in [-0.39, 0.29) is 23.9 Å². The molecule has 0 radical (unpaired) electrons. The maximum absolute atomic E-state index is 11.5. The fourth-order valence-corrected chi connectivity index (χ4v) is 2.35. The second kappa shape index (κ2) is 5.54. The number of aliphatic hydroxyl groups is 1. The van der Waals surface area contributed by atoms with E-state index in [4.69, 9.17) is 9.52 Å². The standard InChI is InChI=1S/C13H19NO4/c1-9-4-2-3-5-14(9)7-12-13(17)11(16)6-10(8-15)18-12/h6,9,15,17H,2-5,7-8H2,1H3. The van der Waals surface area contributed by atoms with Crippen molar-refractivity contribution in [2.24, 2.45) is 0 Å². The van der Waals surface area contributed by atoms with Gasteiger partial charge in [0.15, 0.2) is 5.76 Å². The smallest absolute Gasteiger partial charge is 0.227 e. The molecule has 2 rings (SSSR count). The third-order valence-corrected chi connectivity index (χ3v) is 3.49. The molecule has 1 aromatic heterocycles. The van der Waals surface area contributed by atoms with Crippen molar-refractivity contribution in [1.82, 2.24) is 4.90 Å². The summed E-state index contributed by atoms with van der Waals surface area (Å²) < 4.78 is 5.35. The Labute approximate surface area is 106 Å². The maximum Gasteiger partial charge on any atom is 0.227 e. The Balaban J connectivity index is 2.22. The number of piperidine rings is 1. The normalized spacial score (nSPS) is 21.1. The molecule has 18 heavy (non-hydrogen) atoms. The largest absolute Gasteiger partial charge is 0.502 e. The lowest BCUT2D eigenvalue weighted by molar-refractivity contribution is 0.134. The Morgan fingerprint density at radius 1 is 1.50 bits per heavy atom. The first kappa shape index (κ1) is 13.1. The van der Waals surface area contributed by atoms with Crippen LogP contribution in [-0.4, -0.2) is 27.7 Å². The van der Waals surface area contributed by atoms with Gasteiger partial charge in [-0.05, 0) is 26.3 Å². The first-order chi connectivity index (χ1) is 8.61. The molecule has 0 aliphatic carbocycles. The van der Waals surface area contributed by atoms with E-state index in [2.05, 4.69) is 11.8 Å². The molecule has 1 aliphatic heterocycles. The maximum atomic E-state index is 11.5. The molecular formula is C13H19NO4. The van der Waals surface area contributed by atoms with E-state index in [1.807, 2.05) is 0 Å². The molecule has 0 amide bonds. The number of rotatable bonds is 3. The van der Waals surface area contributed by atoms with Gasteiger partial charge in [-0.1, -0.05) is 6.42 Å². The van der Waals surface area contributed by atoms with Gasteiger partial charge in [-0.2, -0.15) is 0 Å². The van der Waals surface area contributed by atoms with Gasteiger partial charge >= 0.3 is 0 Å². The molecule has 1 aromatic rings. The van der Waals surface area contributed by atoms with Crippen LogP contribution in [0.2, 0.25) is 0 Å². The summed E-state index contributed by atoms with van der Waals surface area (Å²) in [6.07, 6.45) is 3.45. The Morgan fingerprint density at radius 3 is 2.94 bits per heavy atom. The molecule has 0 saturated carbocycles. The number of hydrogen-bond acceptors (Lipinski definition) is 5. The summed E-state index contributed by atoms with van der Waals surface area (Å²) in [5, 5.41) is 18.7. The number of aliphatic hydroxyl groups excluding tert-OH is 1. The van der Waals surface area contributed by atoms with E-state index in [0.717, 1.165) is 25.5 Å². The van der Waals surface area contributed by atoms with Crippen LogP contribution in [0.1, 0.15) is 37.7 Å². The van der Waals surface area contributed by atoms with Crippen LogP contribution in [-0.2, 0) is 13.2 Å². The summed E-state index contributed by atoms with van der Waals surface area (Å²) >= 11 is 0. The van der Waals surface area contributed by atoms with E-state index < -0.39 is 5.43 Å². The highest BCUT2D eigenvalue weighted by molar-refractivity contribution is 5.24. The molecule has 100 valence electrons. The highest BCUT2D eigenvalue weighted by Crippen LogP contribution is 2.22. The van der Waals surface area contributed by atoms with Crippen LogP contribution in [0.5, 0.6) is 5.75 Å². The molecule has 1 unspecified atom stereocenters. The van der Waals surface area contributed by atoms with Gasteiger partial charge in [0, 0.05) is 12.1 Å². The lowest BCUT2D eigenvalue weighted by Gasteiger charge is -2.32. The van der Waals surface area contributed by atoms with Gasteiger partial charge in [0.2, 0.25) is 11.2 Å². The third-order valence-electron chi connectivity index (χ3n) is 3.49. The van der Waals surface area contributed by atoms with Crippen LogP contribution in [0.25, 0.3) is 0 Å². The highest BCUT2D eigenvalue weighted by atomic mass is 16.4.